The SMILES string of the molecule is COc1cc2ncnc(NC(=O)c3cccc(Cl)c3)c2cc1OC. The second-order valence-electron chi connectivity index (χ2n) is 4.91. The Morgan fingerprint density at radius 1 is 1.08 bits per heavy atom. The fourth-order valence-corrected chi connectivity index (χ4v) is 2.48. The van der Waals surface area contributed by atoms with Gasteiger partial charge in [0.05, 0.1) is 19.7 Å². The van der Waals surface area contributed by atoms with Gasteiger partial charge in [0.25, 0.3) is 5.91 Å². The molecule has 1 amide bonds. The van der Waals surface area contributed by atoms with Gasteiger partial charge in [-0.05, 0) is 24.3 Å². The molecule has 3 rings (SSSR count). The van der Waals surface area contributed by atoms with E-state index in [0.29, 0.717) is 38.8 Å². The first kappa shape index (κ1) is 16.0. The van der Waals surface area contributed by atoms with Crippen LogP contribution in [0.1, 0.15) is 10.4 Å². The van der Waals surface area contributed by atoms with Crippen LogP contribution in [0.5, 0.6) is 11.5 Å². The Balaban J connectivity index is 2.01. The molecule has 1 heterocycles. The second kappa shape index (κ2) is 6.72. The van der Waals surface area contributed by atoms with Gasteiger partial charge in [-0.25, -0.2) is 9.97 Å². The number of ether oxygens (including phenoxy) is 2. The average Bonchev–Trinajstić information content (AvgIpc) is 2.60. The lowest BCUT2D eigenvalue weighted by molar-refractivity contribution is 0.102. The summed E-state index contributed by atoms with van der Waals surface area (Å²) < 4.78 is 10.6. The van der Waals surface area contributed by atoms with Gasteiger partial charge in [0.2, 0.25) is 0 Å². The van der Waals surface area contributed by atoms with Gasteiger partial charge in [-0.2, -0.15) is 0 Å². The van der Waals surface area contributed by atoms with Crippen molar-refractivity contribution in [2.24, 2.45) is 0 Å². The number of fused-ring (bicyclic) bond motifs is 1. The van der Waals surface area contributed by atoms with Crippen molar-refractivity contribution < 1.29 is 14.3 Å². The van der Waals surface area contributed by atoms with Crippen LogP contribution >= 0.6 is 11.6 Å². The fourth-order valence-electron chi connectivity index (χ4n) is 2.29. The first-order chi connectivity index (χ1) is 11.6. The van der Waals surface area contributed by atoms with Crippen molar-refractivity contribution in [1.82, 2.24) is 9.97 Å². The molecule has 7 heteroatoms. The minimum absolute atomic E-state index is 0.313. The zero-order valence-corrected chi connectivity index (χ0v) is 13.8. The van der Waals surface area contributed by atoms with Crippen LogP contribution in [0.25, 0.3) is 10.9 Å². The Morgan fingerprint density at radius 3 is 2.54 bits per heavy atom. The van der Waals surface area contributed by atoms with E-state index in [2.05, 4.69) is 15.3 Å². The van der Waals surface area contributed by atoms with E-state index in [1.54, 1.807) is 43.5 Å². The number of methoxy groups -OCH3 is 2. The molecule has 1 aromatic heterocycles. The van der Waals surface area contributed by atoms with Gasteiger partial charge in [-0.3, -0.25) is 4.79 Å². The zero-order chi connectivity index (χ0) is 17.1. The van der Waals surface area contributed by atoms with Gasteiger partial charge < -0.3 is 14.8 Å². The van der Waals surface area contributed by atoms with E-state index >= 15 is 0 Å². The third-order valence-electron chi connectivity index (χ3n) is 3.46. The van der Waals surface area contributed by atoms with Crippen LogP contribution < -0.4 is 14.8 Å². The number of nitrogens with one attached hydrogen (secondary N) is 1. The van der Waals surface area contributed by atoms with Gasteiger partial charge in [0.1, 0.15) is 12.1 Å². The summed E-state index contributed by atoms with van der Waals surface area (Å²) in [6.07, 6.45) is 1.38. The number of benzene rings is 2. The monoisotopic (exact) mass is 343 g/mol. The molecular weight excluding hydrogens is 330 g/mol. The molecule has 0 unspecified atom stereocenters. The summed E-state index contributed by atoms with van der Waals surface area (Å²) in [5.41, 5.74) is 1.07. The molecule has 0 saturated carbocycles. The van der Waals surface area contributed by atoms with Crippen LogP contribution in [0.3, 0.4) is 0 Å². The molecule has 0 saturated heterocycles. The van der Waals surface area contributed by atoms with Crippen LogP contribution in [-0.2, 0) is 0 Å². The van der Waals surface area contributed by atoms with Crippen LogP contribution in [-0.4, -0.2) is 30.1 Å². The number of anilines is 1. The van der Waals surface area contributed by atoms with Crippen molar-refractivity contribution in [2.45, 2.75) is 0 Å². The topological polar surface area (TPSA) is 73.3 Å². The van der Waals surface area contributed by atoms with E-state index < -0.39 is 0 Å². The summed E-state index contributed by atoms with van der Waals surface area (Å²) in [5, 5.41) is 3.90. The molecule has 0 bridgehead atoms. The summed E-state index contributed by atoms with van der Waals surface area (Å²) in [6.45, 7) is 0. The number of hydrogen-bond donors (Lipinski definition) is 1. The largest absolute Gasteiger partial charge is 0.493 e. The van der Waals surface area contributed by atoms with Crippen LogP contribution in [0.4, 0.5) is 5.82 Å². The summed E-state index contributed by atoms with van der Waals surface area (Å²) >= 11 is 5.92. The van der Waals surface area contributed by atoms with Crippen molar-refractivity contribution in [3.05, 3.63) is 53.3 Å². The smallest absolute Gasteiger partial charge is 0.256 e. The molecule has 1 N–H and O–H groups in total. The summed E-state index contributed by atoms with van der Waals surface area (Å²) in [5.74, 6) is 1.15. The van der Waals surface area contributed by atoms with Crippen LogP contribution in [0, 0.1) is 0 Å². The number of carbonyl (C=O) groups excluding carboxylic acids is 1. The normalized spacial score (nSPS) is 10.5. The predicted octanol–water partition coefficient (Wildman–Crippen LogP) is 3.55. The van der Waals surface area contributed by atoms with Gasteiger partial charge in [0.15, 0.2) is 11.5 Å². The standard InChI is InChI=1S/C17H14ClN3O3/c1-23-14-7-12-13(8-15(14)24-2)19-9-20-16(12)21-17(22)10-4-3-5-11(18)6-10/h3-9H,1-2H3,(H,19,20,21,22). The van der Waals surface area contributed by atoms with E-state index in [1.807, 2.05) is 0 Å². The van der Waals surface area contributed by atoms with E-state index in [9.17, 15) is 4.79 Å². The van der Waals surface area contributed by atoms with Gasteiger partial charge in [-0.1, -0.05) is 17.7 Å². The molecule has 0 fully saturated rings. The van der Waals surface area contributed by atoms with Gasteiger partial charge in [0, 0.05) is 22.0 Å². The highest BCUT2D eigenvalue weighted by Gasteiger charge is 2.13. The maximum atomic E-state index is 12.4. The van der Waals surface area contributed by atoms with Crippen molar-refractivity contribution >= 4 is 34.2 Å². The molecular formula is C17H14ClN3O3. The first-order valence-corrected chi connectivity index (χ1v) is 7.44. The summed E-state index contributed by atoms with van der Waals surface area (Å²) in [4.78, 5) is 20.8. The summed E-state index contributed by atoms with van der Waals surface area (Å²) in [6, 6.07) is 10.1. The Bertz CT molecular complexity index is 915. The van der Waals surface area contributed by atoms with E-state index in [4.69, 9.17) is 21.1 Å². The minimum Gasteiger partial charge on any atom is -0.493 e. The highest BCUT2D eigenvalue weighted by Crippen LogP contribution is 2.33. The number of hydrogen-bond acceptors (Lipinski definition) is 5. The maximum absolute atomic E-state index is 12.4. The minimum atomic E-state index is -0.313. The predicted molar refractivity (Wildman–Crippen MR) is 92.0 cm³/mol. The Morgan fingerprint density at radius 2 is 1.83 bits per heavy atom. The number of amides is 1. The number of halogens is 1. The third-order valence-corrected chi connectivity index (χ3v) is 3.69. The number of aromatic nitrogens is 2. The third kappa shape index (κ3) is 3.09. The molecule has 0 radical (unpaired) electrons. The van der Waals surface area contributed by atoms with Crippen LogP contribution in [0.15, 0.2) is 42.7 Å². The molecule has 0 aliphatic carbocycles. The molecule has 3 aromatic rings. The molecule has 0 aliphatic rings. The lowest BCUT2D eigenvalue weighted by Crippen LogP contribution is -2.13. The summed E-state index contributed by atoms with van der Waals surface area (Å²) in [7, 11) is 3.09. The lowest BCUT2D eigenvalue weighted by Gasteiger charge is -2.11. The van der Waals surface area contributed by atoms with Crippen molar-refractivity contribution in [3.8, 4) is 11.5 Å². The number of rotatable bonds is 4. The Labute approximate surface area is 143 Å². The molecule has 0 spiro atoms. The van der Waals surface area contributed by atoms with Crippen molar-refractivity contribution in [3.63, 3.8) is 0 Å². The first-order valence-electron chi connectivity index (χ1n) is 7.06. The Kier molecular flexibility index (Phi) is 4.48. The van der Waals surface area contributed by atoms with E-state index in [0.717, 1.165) is 0 Å². The van der Waals surface area contributed by atoms with E-state index in [-0.39, 0.29) is 5.91 Å². The fraction of sp³-hybridized carbons (Fsp3) is 0.118. The zero-order valence-electron chi connectivity index (χ0n) is 13.0. The second-order valence-corrected chi connectivity index (χ2v) is 5.35. The molecule has 24 heavy (non-hydrogen) atoms. The van der Waals surface area contributed by atoms with Crippen LogP contribution in [0.2, 0.25) is 5.02 Å². The average molecular weight is 344 g/mol. The maximum Gasteiger partial charge on any atom is 0.256 e. The number of carbonyl (C=O) groups is 1. The van der Waals surface area contributed by atoms with Crippen molar-refractivity contribution in [1.29, 1.82) is 0 Å². The molecule has 0 atom stereocenters. The molecule has 6 nitrogen and oxygen atoms in total. The molecule has 2 aromatic carbocycles. The van der Waals surface area contributed by atoms with E-state index in [1.165, 1.54) is 13.4 Å². The lowest BCUT2D eigenvalue weighted by atomic mass is 10.2. The molecule has 122 valence electrons. The van der Waals surface area contributed by atoms with Gasteiger partial charge >= 0.3 is 0 Å². The highest BCUT2D eigenvalue weighted by molar-refractivity contribution is 6.31. The van der Waals surface area contributed by atoms with Crippen molar-refractivity contribution in [2.75, 3.05) is 19.5 Å². The molecule has 0 aliphatic heterocycles. The number of nitrogens with zero attached hydrogens (tertiary/aromatic N) is 2. The van der Waals surface area contributed by atoms with Gasteiger partial charge in [-0.15, -0.1) is 0 Å². The quantitative estimate of drug-likeness (QED) is 0.784. The highest BCUT2D eigenvalue weighted by atomic mass is 35.5. The Hall–Kier alpha value is -2.86.